The van der Waals surface area contributed by atoms with Crippen molar-refractivity contribution < 1.29 is 4.79 Å². The summed E-state index contributed by atoms with van der Waals surface area (Å²) >= 11 is 0. The third-order valence-corrected chi connectivity index (χ3v) is 2.98. The van der Waals surface area contributed by atoms with Crippen LogP contribution in [0.15, 0.2) is 0 Å². The Balaban J connectivity index is 3.27. The molecule has 0 aliphatic heterocycles. The van der Waals surface area contributed by atoms with Crippen LogP contribution in [-0.4, -0.2) is 24.4 Å². The van der Waals surface area contributed by atoms with Crippen molar-refractivity contribution in [2.75, 3.05) is 13.6 Å². The third kappa shape index (κ3) is 8.75. The minimum atomic E-state index is 0.315. The van der Waals surface area contributed by atoms with E-state index in [4.69, 9.17) is 0 Å². The zero-order valence-corrected chi connectivity index (χ0v) is 11.4. The minimum absolute atomic E-state index is 0.315. The van der Waals surface area contributed by atoms with Crippen LogP contribution in [0.3, 0.4) is 0 Å². The summed E-state index contributed by atoms with van der Waals surface area (Å²) in [5.41, 5.74) is 0. The molecule has 0 aliphatic rings. The van der Waals surface area contributed by atoms with Gasteiger partial charge in [-0.25, -0.2) is 0 Å². The predicted octanol–water partition coefficient (Wildman–Crippen LogP) is 4.00. The zero-order valence-electron chi connectivity index (χ0n) is 11.4. The van der Waals surface area contributed by atoms with Gasteiger partial charge in [0.2, 0.25) is 5.91 Å². The van der Waals surface area contributed by atoms with Gasteiger partial charge in [-0.05, 0) is 12.8 Å². The van der Waals surface area contributed by atoms with Crippen LogP contribution in [0, 0.1) is 0 Å². The van der Waals surface area contributed by atoms with Gasteiger partial charge in [0.25, 0.3) is 0 Å². The van der Waals surface area contributed by atoms with E-state index in [2.05, 4.69) is 13.8 Å². The van der Waals surface area contributed by atoms with Crippen molar-refractivity contribution in [3.05, 3.63) is 0 Å². The molecule has 0 unspecified atom stereocenters. The molecule has 0 rings (SSSR count). The fourth-order valence-electron chi connectivity index (χ4n) is 1.88. The Morgan fingerprint density at radius 3 is 2.00 bits per heavy atom. The van der Waals surface area contributed by atoms with E-state index >= 15 is 0 Å². The lowest BCUT2D eigenvalue weighted by molar-refractivity contribution is -0.130. The number of carbonyl (C=O) groups is 1. The number of rotatable bonds is 10. The number of nitrogens with zero attached hydrogens (tertiary/aromatic N) is 1. The summed E-state index contributed by atoms with van der Waals surface area (Å²) in [6.07, 6.45) is 10.7. The van der Waals surface area contributed by atoms with E-state index in [0.29, 0.717) is 5.91 Å². The van der Waals surface area contributed by atoms with Crippen LogP contribution in [0.4, 0.5) is 0 Å². The van der Waals surface area contributed by atoms with Gasteiger partial charge in [-0.3, -0.25) is 4.79 Å². The average Bonchev–Trinajstić information content (AvgIpc) is 2.28. The number of amides is 1. The quantitative estimate of drug-likeness (QED) is 0.517. The summed E-state index contributed by atoms with van der Waals surface area (Å²) in [6, 6.07) is 0. The Morgan fingerprint density at radius 2 is 1.44 bits per heavy atom. The van der Waals surface area contributed by atoms with Crippen LogP contribution in [0.2, 0.25) is 0 Å². The zero-order chi connectivity index (χ0) is 12.2. The minimum Gasteiger partial charge on any atom is -0.346 e. The van der Waals surface area contributed by atoms with E-state index in [9.17, 15) is 4.79 Å². The van der Waals surface area contributed by atoms with Crippen molar-refractivity contribution in [3.63, 3.8) is 0 Å². The topological polar surface area (TPSA) is 20.3 Å². The van der Waals surface area contributed by atoms with Gasteiger partial charge in [0.1, 0.15) is 0 Å². The molecule has 0 saturated carbocycles. The molecule has 0 radical (unpaired) electrons. The molecule has 0 aliphatic carbocycles. The molecule has 1 amide bonds. The molecule has 0 N–H and O–H groups in total. The molecule has 2 nitrogen and oxygen atoms in total. The second-order valence-corrected chi connectivity index (χ2v) is 4.69. The monoisotopic (exact) mass is 227 g/mol. The van der Waals surface area contributed by atoms with Crippen molar-refractivity contribution in [2.45, 2.75) is 71.6 Å². The Bertz CT molecular complexity index is 168. The summed E-state index contributed by atoms with van der Waals surface area (Å²) in [5.74, 6) is 0.315. The molecule has 0 aromatic heterocycles. The predicted molar refractivity (Wildman–Crippen MR) is 70.5 cm³/mol. The smallest absolute Gasteiger partial charge is 0.222 e. The average molecular weight is 227 g/mol. The van der Waals surface area contributed by atoms with E-state index in [1.165, 1.54) is 38.5 Å². The van der Waals surface area contributed by atoms with E-state index in [-0.39, 0.29) is 0 Å². The Hall–Kier alpha value is -0.530. The van der Waals surface area contributed by atoms with Crippen molar-refractivity contribution in [2.24, 2.45) is 0 Å². The molecule has 0 atom stereocenters. The van der Waals surface area contributed by atoms with Gasteiger partial charge in [-0.2, -0.15) is 0 Å². The van der Waals surface area contributed by atoms with E-state index in [1.54, 1.807) is 0 Å². The standard InChI is InChI=1S/C14H29NO/c1-4-6-7-8-9-10-11-12-14(16)15(3)13-5-2/h4-13H2,1-3H3. The van der Waals surface area contributed by atoms with Crippen LogP contribution in [-0.2, 0) is 4.79 Å². The number of hydrogen-bond acceptors (Lipinski definition) is 1. The molecule has 0 saturated heterocycles. The maximum Gasteiger partial charge on any atom is 0.222 e. The van der Waals surface area contributed by atoms with Crippen LogP contribution in [0.1, 0.15) is 71.6 Å². The maximum absolute atomic E-state index is 11.6. The Labute approximate surface area is 101 Å². The molecule has 0 bridgehead atoms. The fourth-order valence-corrected chi connectivity index (χ4v) is 1.88. The summed E-state index contributed by atoms with van der Waals surface area (Å²) in [5, 5.41) is 0. The molecule has 0 spiro atoms. The normalized spacial score (nSPS) is 10.4. The molecule has 0 fully saturated rings. The molecule has 0 aromatic rings. The van der Waals surface area contributed by atoms with E-state index < -0.39 is 0 Å². The van der Waals surface area contributed by atoms with E-state index in [0.717, 1.165) is 25.8 Å². The summed E-state index contributed by atoms with van der Waals surface area (Å²) in [4.78, 5) is 13.5. The third-order valence-electron chi connectivity index (χ3n) is 2.98. The summed E-state index contributed by atoms with van der Waals surface area (Å²) in [6.45, 7) is 5.25. The second-order valence-electron chi connectivity index (χ2n) is 4.69. The Morgan fingerprint density at radius 1 is 0.875 bits per heavy atom. The van der Waals surface area contributed by atoms with Gasteiger partial charge in [0, 0.05) is 20.0 Å². The Kier molecular flexibility index (Phi) is 10.6. The number of hydrogen-bond donors (Lipinski definition) is 0. The molecule has 2 heteroatoms. The maximum atomic E-state index is 11.6. The molecule has 0 aromatic carbocycles. The van der Waals surface area contributed by atoms with Crippen LogP contribution in [0.5, 0.6) is 0 Å². The van der Waals surface area contributed by atoms with Gasteiger partial charge in [0.05, 0.1) is 0 Å². The highest BCUT2D eigenvalue weighted by atomic mass is 16.2. The first-order chi connectivity index (χ1) is 7.72. The van der Waals surface area contributed by atoms with Crippen molar-refractivity contribution in [1.82, 2.24) is 4.90 Å². The van der Waals surface area contributed by atoms with E-state index in [1.807, 2.05) is 11.9 Å². The number of carbonyl (C=O) groups excluding carboxylic acids is 1. The van der Waals surface area contributed by atoms with Crippen molar-refractivity contribution >= 4 is 5.91 Å². The lowest BCUT2D eigenvalue weighted by Gasteiger charge is -2.15. The highest BCUT2D eigenvalue weighted by Gasteiger charge is 2.06. The van der Waals surface area contributed by atoms with Gasteiger partial charge >= 0.3 is 0 Å². The SMILES string of the molecule is CCCCCCCCCC(=O)N(C)CCC. The molecule has 16 heavy (non-hydrogen) atoms. The highest BCUT2D eigenvalue weighted by Crippen LogP contribution is 2.09. The largest absolute Gasteiger partial charge is 0.346 e. The number of unbranched alkanes of at least 4 members (excludes halogenated alkanes) is 6. The van der Waals surface area contributed by atoms with Gasteiger partial charge in [0.15, 0.2) is 0 Å². The second kappa shape index (κ2) is 11.0. The van der Waals surface area contributed by atoms with Gasteiger partial charge in [-0.15, -0.1) is 0 Å². The van der Waals surface area contributed by atoms with Gasteiger partial charge < -0.3 is 4.90 Å². The van der Waals surface area contributed by atoms with Crippen LogP contribution in [0.25, 0.3) is 0 Å². The molecule has 0 heterocycles. The summed E-state index contributed by atoms with van der Waals surface area (Å²) < 4.78 is 0. The fraction of sp³-hybridized carbons (Fsp3) is 0.929. The van der Waals surface area contributed by atoms with Gasteiger partial charge in [-0.1, -0.05) is 52.4 Å². The lowest BCUT2D eigenvalue weighted by atomic mass is 10.1. The lowest BCUT2D eigenvalue weighted by Crippen LogP contribution is -2.26. The van der Waals surface area contributed by atoms with Crippen molar-refractivity contribution in [3.8, 4) is 0 Å². The molecular weight excluding hydrogens is 198 g/mol. The molecular formula is C14H29NO. The first-order valence-electron chi connectivity index (χ1n) is 6.96. The van der Waals surface area contributed by atoms with Crippen molar-refractivity contribution in [1.29, 1.82) is 0 Å². The van der Waals surface area contributed by atoms with Crippen LogP contribution >= 0.6 is 0 Å². The molecule has 96 valence electrons. The highest BCUT2D eigenvalue weighted by molar-refractivity contribution is 5.75. The van der Waals surface area contributed by atoms with Crippen LogP contribution < -0.4 is 0 Å². The summed E-state index contributed by atoms with van der Waals surface area (Å²) in [7, 11) is 1.91. The first-order valence-corrected chi connectivity index (χ1v) is 6.96. The first kappa shape index (κ1) is 15.5.